The van der Waals surface area contributed by atoms with Crippen molar-refractivity contribution in [3.63, 3.8) is 0 Å². The van der Waals surface area contributed by atoms with Crippen molar-refractivity contribution in [2.75, 3.05) is 26.3 Å². The summed E-state index contributed by atoms with van der Waals surface area (Å²) in [5.74, 6) is 0.816. The molecule has 0 aliphatic heterocycles. The highest BCUT2D eigenvalue weighted by Gasteiger charge is 2.03. The quantitative estimate of drug-likeness (QED) is 0.200. The first kappa shape index (κ1) is 23.2. The first-order chi connectivity index (χ1) is 13.8. The first-order valence-corrected chi connectivity index (χ1v) is 9.87. The predicted octanol–water partition coefficient (Wildman–Crippen LogP) is 3.79. The number of rotatable bonds is 9. The molecule has 0 saturated heterocycles. The zero-order valence-corrected chi connectivity index (χ0v) is 19.4. The van der Waals surface area contributed by atoms with Crippen LogP contribution in [0.4, 0.5) is 0 Å². The van der Waals surface area contributed by atoms with Gasteiger partial charge in [0.2, 0.25) is 0 Å². The Morgan fingerprint density at radius 3 is 2.55 bits per heavy atom. The second-order valence-electron chi connectivity index (χ2n) is 6.50. The van der Waals surface area contributed by atoms with Crippen molar-refractivity contribution in [2.24, 2.45) is 4.99 Å². The molecule has 0 aliphatic rings. The minimum absolute atomic E-state index is 0. The lowest BCUT2D eigenvalue weighted by molar-refractivity contribution is 0.152. The van der Waals surface area contributed by atoms with Gasteiger partial charge in [0.25, 0.3) is 0 Å². The Kier molecular flexibility index (Phi) is 9.93. The normalized spacial score (nSPS) is 11.3. The molecule has 0 aliphatic carbocycles. The van der Waals surface area contributed by atoms with Gasteiger partial charge in [0.1, 0.15) is 0 Å². The number of aromatic nitrogens is 2. The summed E-state index contributed by atoms with van der Waals surface area (Å²) in [4.78, 5) is 9.11. The molecule has 0 amide bonds. The molecule has 2 aromatic carbocycles. The molecule has 0 bridgehead atoms. The van der Waals surface area contributed by atoms with Crippen LogP contribution in [-0.4, -0.2) is 41.8 Å². The maximum atomic E-state index is 5.36. The number of hydrogen-bond acceptors (Lipinski definition) is 3. The maximum Gasteiger partial charge on any atom is 0.191 e. The van der Waals surface area contributed by atoms with E-state index < -0.39 is 0 Å². The van der Waals surface area contributed by atoms with Crippen molar-refractivity contribution in [2.45, 2.75) is 26.9 Å². The minimum Gasteiger partial charge on any atom is -0.380 e. The molecule has 1 aromatic heterocycles. The number of halogens is 1. The van der Waals surface area contributed by atoms with Gasteiger partial charge in [-0.15, -0.1) is 24.0 Å². The lowest BCUT2D eigenvalue weighted by atomic mass is 10.1. The van der Waals surface area contributed by atoms with Crippen molar-refractivity contribution in [3.05, 3.63) is 66.0 Å². The number of guanidine groups is 1. The molecule has 0 atom stereocenters. The summed E-state index contributed by atoms with van der Waals surface area (Å²) >= 11 is 0. The van der Waals surface area contributed by atoms with Crippen molar-refractivity contribution in [1.29, 1.82) is 0 Å². The largest absolute Gasteiger partial charge is 0.380 e. The van der Waals surface area contributed by atoms with Gasteiger partial charge in [0.15, 0.2) is 5.96 Å². The topological polar surface area (TPSA) is 63.5 Å². The van der Waals surface area contributed by atoms with Crippen molar-refractivity contribution in [1.82, 2.24) is 20.2 Å². The molecule has 0 unspecified atom stereocenters. The molecular formula is C22H30IN5O. The number of aliphatic imine (C=N–C) groups is 1. The van der Waals surface area contributed by atoms with Gasteiger partial charge in [-0.3, -0.25) is 0 Å². The van der Waals surface area contributed by atoms with Crippen LogP contribution in [0.15, 0.2) is 59.9 Å². The van der Waals surface area contributed by atoms with Crippen molar-refractivity contribution in [3.8, 4) is 0 Å². The van der Waals surface area contributed by atoms with Crippen LogP contribution in [-0.2, 0) is 17.8 Å². The summed E-state index contributed by atoms with van der Waals surface area (Å²) in [5.41, 5.74) is 4.62. The average molecular weight is 507 g/mol. The first-order valence-electron chi connectivity index (χ1n) is 9.87. The fraction of sp³-hybridized carbons (Fsp3) is 0.364. The number of nitrogens with zero attached hydrogens (tertiary/aromatic N) is 3. The average Bonchev–Trinajstić information content (AvgIpc) is 3.13. The van der Waals surface area contributed by atoms with Crippen LogP contribution in [0.1, 0.15) is 25.0 Å². The number of hydrogen-bond donors (Lipinski definition) is 2. The van der Waals surface area contributed by atoms with Crippen LogP contribution >= 0.6 is 24.0 Å². The van der Waals surface area contributed by atoms with E-state index in [1.54, 1.807) is 0 Å². The Balaban J connectivity index is 0.00000300. The second-order valence-corrected chi connectivity index (χ2v) is 6.50. The van der Waals surface area contributed by atoms with Crippen LogP contribution in [0.3, 0.4) is 0 Å². The summed E-state index contributed by atoms with van der Waals surface area (Å²) in [6, 6.07) is 16.8. The van der Waals surface area contributed by atoms with E-state index in [1.807, 2.05) is 31.5 Å². The second kappa shape index (κ2) is 12.4. The molecule has 2 N–H and O–H groups in total. The maximum absolute atomic E-state index is 5.36. The third-order valence-corrected chi connectivity index (χ3v) is 4.41. The molecule has 7 heteroatoms. The molecule has 3 aromatic rings. The Labute approximate surface area is 189 Å². The van der Waals surface area contributed by atoms with E-state index in [2.05, 4.69) is 62.4 Å². The fourth-order valence-electron chi connectivity index (χ4n) is 2.98. The number of benzene rings is 2. The molecule has 3 rings (SSSR count). The lowest BCUT2D eigenvalue weighted by Crippen LogP contribution is -2.39. The summed E-state index contributed by atoms with van der Waals surface area (Å²) in [7, 11) is 0. The van der Waals surface area contributed by atoms with Gasteiger partial charge in [-0.05, 0) is 37.1 Å². The minimum atomic E-state index is 0. The highest BCUT2D eigenvalue weighted by Crippen LogP contribution is 2.14. The zero-order chi connectivity index (χ0) is 19.6. The van der Waals surface area contributed by atoms with Crippen molar-refractivity contribution >= 4 is 41.0 Å². The Hall–Kier alpha value is -2.13. The van der Waals surface area contributed by atoms with E-state index >= 15 is 0 Å². The molecular weight excluding hydrogens is 477 g/mol. The Morgan fingerprint density at radius 1 is 1.03 bits per heavy atom. The molecule has 6 nitrogen and oxygen atoms in total. The van der Waals surface area contributed by atoms with Gasteiger partial charge < -0.3 is 19.9 Å². The van der Waals surface area contributed by atoms with Gasteiger partial charge in [0, 0.05) is 26.2 Å². The third-order valence-electron chi connectivity index (χ3n) is 4.41. The lowest BCUT2D eigenvalue weighted by Gasteiger charge is -2.11. The van der Waals surface area contributed by atoms with Crippen LogP contribution < -0.4 is 10.6 Å². The Morgan fingerprint density at radius 2 is 1.79 bits per heavy atom. The van der Waals surface area contributed by atoms with E-state index in [4.69, 9.17) is 4.74 Å². The highest BCUT2D eigenvalue weighted by atomic mass is 127. The summed E-state index contributed by atoms with van der Waals surface area (Å²) < 4.78 is 7.53. The molecule has 0 fully saturated rings. The number of nitrogens with one attached hydrogen (secondary N) is 2. The van der Waals surface area contributed by atoms with Crippen LogP contribution in [0.2, 0.25) is 0 Å². The molecule has 1 heterocycles. The third kappa shape index (κ3) is 7.01. The fourth-order valence-corrected chi connectivity index (χ4v) is 2.98. The zero-order valence-electron chi connectivity index (χ0n) is 17.1. The van der Waals surface area contributed by atoms with Gasteiger partial charge in [-0.1, -0.05) is 36.4 Å². The van der Waals surface area contributed by atoms with E-state index in [9.17, 15) is 0 Å². The number of imidazole rings is 1. The van der Waals surface area contributed by atoms with E-state index in [0.717, 1.165) is 43.2 Å². The monoisotopic (exact) mass is 507 g/mol. The summed E-state index contributed by atoms with van der Waals surface area (Å²) in [6.07, 6.45) is 1.90. The molecule has 0 radical (unpaired) electrons. The van der Waals surface area contributed by atoms with Gasteiger partial charge >= 0.3 is 0 Å². The summed E-state index contributed by atoms with van der Waals surface area (Å²) in [5, 5.41) is 6.55. The van der Waals surface area contributed by atoms with Crippen LogP contribution in [0, 0.1) is 0 Å². The number of fused-ring (bicyclic) bond motifs is 1. The number of para-hydroxylation sites is 2. The van der Waals surface area contributed by atoms with E-state index in [0.29, 0.717) is 13.2 Å². The predicted molar refractivity (Wildman–Crippen MR) is 130 cm³/mol. The molecule has 29 heavy (non-hydrogen) atoms. The SMILES string of the molecule is CCNC(=NCc1ccc(Cn2cnc3ccccc32)cc1)NCCOCC.I. The van der Waals surface area contributed by atoms with Crippen molar-refractivity contribution < 1.29 is 4.74 Å². The standard InChI is InChI=1S/C22H29N5O.HI/c1-3-23-22(24-13-14-28-4-2)25-15-18-9-11-19(12-10-18)16-27-17-26-20-7-5-6-8-21(20)27;/h5-12,17H,3-4,13-16H2,1-2H3,(H2,23,24,25);1H. The van der Waals surface area contributed by atoms with Gasteiger partial charge in [0.05, 0.1) is 30.5 Å². The van der Waals surface area contributed by atoms with Gasteiger partial charge in [-0.25, -0.2) is 9.98 Å². The van der Waals surface area contributed by atoms with Crippen LogP contribution in [0.5, 0.6) is 0 Å². The Bertz CT molecular complexity index is 892. The smallest absolute Gasteiger partial charge is 0.191 e. The van der Waals surface area contributed by atoms with E-state index in [-0.39, 0.29) is 24.0 Å². The highest BCUT2D eigenvalue weighted by molar-refractivity contribution is 14.0. The molecule has 0 saturated carbocycles. The van der Waals surface area contributed by atoms with E-state index in [1.165, 1.54) is 11.1 Å². The molecule has 0 spiro atoms. The molecule has 156 valence electrons. The summed E-state index contributed by atoms with van der Waals surface area (Å²) in [6.45, 7) is 8.50. The van der Waals surface area contributed by atoms with Gasteiger partial charge in [-0.2, -0.15) is 0 Å². The van der Waals surface area contributed by atoms with Crippen LogP contribution in [0.25, 0.3) is 11.0 Å². The number of ether oxygens (including phenoxy) is 1.